The molecule has 67 heavy (non-hydrogen) atoms. The lowest BCUT2D eigenvalue weighted by molar-refractivity contribution is -0.157. The molecule has 4 aromatic rings. The van der Waals surface area contributed by atoms with E-state index >= 15 is 0 Å². The first-order chi connectivity index (χ1) is 31.9. The van der Waals surface area contributed by atoms with Crippen molar-refractivity contribution in [2.75, 3.05) is 52.9 Å². The van der Waals surface area contributed by atoms with Gasteiger partial charge in [-0.05, 0) is 111 Å². The summed E-state index contributed by atoms with van der Waals surface area (Å²) in [6, 6.07) is 25.8. The minimum absolute atomic E-state index is 0.0217. The van der Waals surface area contributed by atoms with E-state index in [0.717, 1.165) is 67.1 Å². The summed E-state index contributed by atoms with van der Waals surface area (Å²) in [6.45, 7) is 29.1. The highest BCUT2D eigenvalue weighted by atomic mass is 16.6. The molecule has 0 saturated carbocycles. The number of carbonyl (C=O) groups is 4. The van der Waals surface area contributed by atoms with Crippen LogP contribution in [0.4, 0.5) is 0 Å². The van der Waals surface area contributed by atoms with Crippen LogP contribution < -0.4 is 9.47 Å². The molecule has 1 aliphatic carbocycles. The Morgan fingerprint density at radius 2 is 0.806 bits per heavy atom. The molecular weight excluding hydrogens is 853 g/mol. The zero-order valence-electron chi connectivity index (χ0n) is 40.0. The van der Waals surface area contributed by atoms with Crippen molar-refractivity contribution in [1.29, 1.82) is 0 Å². The van der Waals surface area contributed by atoms with Crippen LogP contribution in [0.5, 0.6) is 11.5 Å². The first-order valence-electron chi connectivity index (χ1n) is 22.1. The Hall–Kier alpha value is -6.76. The van der Waals surface area contributed by atoms with E-state index in [2.05, 4.69) is 99.1 Å². The van der Waals surface area contributed by atoms with E-state index in [9.17, 15) is 19.2 Å². The second-order valence-corrected chi connectivity index (χ2v) is 16.9. The number of hydrogen-bond acceptors (Lipinski definition) is 12. The molecule has 2 unspecified atom stereocenters. The van der Waals surface area contributed by atoms with Gasteiger partial charge in [0.25, 0.3) is 0 Å². The number of fused-ring (bicyclic) bond motifs is 3. The summed E-state index contributed by atoms with van der Waals surface area (Å²) < 4.78 is 45.7. The molecule has 0 saturated heterocycles. The first-order valence-corrected chi connectivity index (χ1v) is 22.1. The van der Waals surface area contributed by atoms with Crippen molar-refractivity contribution in [2.45, 2.75) is 73.0 Å². The molecule has 12 heteroatoms. The van der Waals surface area contributed by atoms with Gasteiger partial charge in [-0.1, -0.05) is 99.1 Å². The summed E-state index contributed by atoms with van der Waals surface area (Å²) in [7, 11) is 0. The molecule has 5 rings (SSSR count). The molecule has 0 bridgehead atoms. The zero-order valence-corrected chi connectivity index (χ0v) is 40.0. The largest absolute Gasteiger partial charge is 0.491 e. The Kier molecular flexibility index (Phi) is 17.7. The first kappa shape index (κ1) is 51.2. The average molecular weight is 915 g/mol. The molecule has 0 amide bonds. The maximum absolute atomic E-state index is 12.3. The lowest BCUT2D eigenvalue weighted by Crippen LogP contribution is -2.31. The molecule has 354 valence electrons. The van der Waals surface area contributed by atoms with Gasteiger partial charge in [-0.3, -0.25) is 0 Å². The Morgan fingerprint density at radius 1 is 0.478 bits per heavy atom. The summed E-state index contributed by atoms with van der Waals surface area (Å²) in [6.07, 6.45) is -1.69. The van der Waals surface area contributed by atoms with Crippen LogP contribution >= 0.6 is 0 Å². The van der Waals surface area contributed by atoms with Gasteiger partial charge >= 0.3 is 23.9 Å². The van der Waals surface area contributed by atoms with Gasteiger partial charge in [-0.2, -0.15) is 0 Å². The molecule has 0 aliphatic heterocycles. The highest BCUT2D eigenvalue weighted by Gasteiger charge is 2.46. The Labute approximate surface area is 394 Å². The van der Waals surface area contributed by atoms with Crippen molar-refractivity contribution in [1.82, 2.24) is 0 Å². The fourth-order valence-electron chi connectivity index (χ4n) is 7.97. The number of ether oxygens (including phenoxy) is 8. The van der Waals surface area contributed by atoms with E-state index in [1.165, 1.54) is 27.7 Å². The van der Waals surface area contributed by atoms with Crippen LogP contribution in [0.3, 0.4) is 0 Å². The van der Waals surface area contributed by atoms with Gasteiger partial charge in [0.15, 0.2) is 12.2 Å². The van der Waals surface area contributed by atoms with E-state index < -0.39 is 41.5 Å². The second-order valence-electron chi connectivity index (χ2n) is 16.9. The summed E-state index contributed by atoms with van der Waals surface area (Å²) in [5.41, 5.74) is 10.7. The van der Waals surface area contributed by atoms with E-state index in [4.69, 9.17) is 37.9 Å². The fraction of sp³-hybridized carbons (Fsp3) is 0.345. The Bertz CT molecular complexity index is 2330. The highest BCUT2D eigenvalue weighted by Crippen LogP contribution is 2.57. The van der Waals surface area contributed by atoms with Gasteiger partial charge in [-0.15, -0.1) is 0 Å². The monoisotopic (exact) mass is 914 g/mol. The maximum atomic E-state index is 12.3. The van der Waals surface area contributed by atoms with Crippen LogP contribution in [0.15, 0.2) is 121 Å². The van der Waals surface area contributed by atoms with Crippen molar-refractivity contribution in [2.24, 2.45) is 0 Å². The SMILES string of the molecule is C=C(C)C(=O)OCC(COCCOc1c(C)cc(C2(c3cc(C)c(OCCOCC(COC(=O)C(=C)C)OC(=O)C(=C)C)c(C)c3)c3ccccc3-c3ccccc32)cc1C)OC(=O)C(=C)C. The molecule has 0 fully saturated rings. The quantitative estimate of drug-likeness (QED) is 0.0252. The van der Waals surface area contributed by atoms with Crippen molar-refractivity contribution in [3.05, 3.63) is 166 Å². The summed E-state index contributed by atoms with van der Waals surface area (Å²) in [4.78, 5) is 48.5. The number of esters is 4. The van der Waals surface area contributed by atoms with E-state index in [-0.39, 0.29) is 75.1 Å². The number of benzene rings is 4. The minimum Gasteiger partial charge on any atom is -0.491 e. The van der Waals surface area contributed by atoms with Gasteiger partial charge in [0, 0.05) is 22.3 Å². The smallest absolute Gasteiger partial charge is 0.333 e. The van der Waals surface area contributed by atoms with Gasteiger partial charge in [0.05, 0.1) is 31.8 Å². The fourth-order valence-corrected chi connectivity index (χ4v) is 7.97. The highest BCUT2D eigenvalue weighted by molar-refractivity contribution is 5.89. The molecule has 1 aliphatic rings. The van der Waals surface area contributed by atoms with Crippen molar-refractivity contribution in [3.63, 3.8) is 0 Å². The molecule has 2 atom stereocenters. The van der Waals surface area contributed by atoms with Gasteiger partial charge < -0.3 is 37.9 Å². The molecule has 0 spiro atoms. The van der Waals surface area contributed by atoms with Crippen molar-refractivity contribution < 1.29 is 57.1 Å². The number of rotatable bonds is 24. The van der Waals surface area contributed by atoms with E-state index in [1.807, 2.05) is 27.7 Å². The normalized spacial score (nSPS) is 13.0. The number of aryl methyl sites for hydroxylation is 4. The third-order valence-electron chi connectivity index (χ3n) is 11.0. The van der Waals surface area contributed by atoms with Crippen LogP contribution in [0, 0.1) is 27.7 Å². The van der Waals surface area contributed by atoms with E-state index in [1.54, 1.807) is 0 Å². The van der Waals surface area contributed by atoms with Crippen LogP contribution in [-0.2, 0) is 53.0 Å². The van der Waals surface area contributed by atoms with Crippen molar-refractivity contribution in [3.8, 4) is 22.6 Å². The van der Waals surface area contributed by atoms with Gasteiger partial charge in [0.2, 0.25) is 0 Å². The van der Waals surface area contributed by atoms with Crippen LogP contribution in [0.1, 0.15) is 72.2 Å². The predicted octanol–water partition coefficient (Wildman–Crippen LogP) is 9.29. The van der Waals surface area contributed by atoms with E-state index in [0.29, 0.717) is 0 Å². The number of carbonyl (C=O) groups excluding carboxylic acids is 4. The topological polar surface area (TPSA) is 142 Å². The molecule has 4 aromatic carbocycles. The maximum Gasteiger partial charge on any atom is 0.333 e. The summed E-state index contributed by atoms with van der Waals surface area (Å²) in [5, 5.41) is 0. The molecule has 0 N–H and O–H groups in total. The third-order valence-corrected chi connectivity index (χ3v) is 11.0. The minimum atomic E-state index is -0.845. The lowest BCUT2D eigenvalue weighted by Gasteiger charge is -2.35. The Morgan fingerprint density at radius 3 is 1.13 bits per heavy atom. The van der Waals surface area contributed by atoms with Crippen molar-refractivity contribution >= 4 is 23.9 Å². The third kappa shape index (κ3) is 12.4. The predicted molar refractivity (Wildman–Crippen MR) is 256 cm³/mol. The Balaban J connectivity index is 1.36. The average Bonchev–Trinajstić information content (AvgIpc) is 3.58. The van der Waals surface area contributed by atoms with Crippen LogP contribution in [-0.4, -0.2) is 88.9 Å². The van der Waals surface area contributed by atoms with Crippen LogP contribution in [0.2, 0.25) is 0 Å². The molecular formula is C55H62O12. The molecule has 0 heterocycles. The molecule has 12 nitrogen and oxygen atoms in total. The summed E-state index contributed by atoms with van der Waals surface area (Å²) in [5.74, 6) is -0.946. The standard InChI is InChI=1S/C55H62O12/c1-33(2)51(56)64-31-43(66-53(58)35(5)6)29-60-21-23-62-49-37(9)25-41(26-38(49)10)55(47-19-15-13-17-45(47)46-18-14-16-20-48(46)55)42-27-39(11)50(40(12)28-42)63-24-22-61-30-44(67-54(59)36(7)8)32-65-52(57)34(3)4/h13-20,25-28,43-44H,1,3,5,7,21-24,29-32H2,2,4,6,8-12H3. The summed E-state index contributed by atoms with van der Waals surface area (Å²) >= 11 is 0. The van der Waals surface area contributed by atoms with Gasteiger partial charge in [0.1, 0.15) is 37.9 Å². The molecule has 0 aromatic heterocycles. The zero-order chi connectivity index (χ0) is 49.0. The van der Waals surface area contributed by atoms with Crippen LogP contribution in [0.25, 0.3) is 11.1 Å². The lowest BCUT2D eigenvalue weighted by atomic mass is 9.66. The number of hydrogen-bond donors (Lipinski definition) is 0. The van der Waals surface area contributed by atoms with Gasteiger partial charge in [-0.25, -0.2) is 19.2 Å². The second kappa shape index (κ2) is 23.1. The molecule has 0 radical (unpaired) electrons.